The van der Waals surface area contributed by atoms with Gasteiger partial charge in [-0.2, -0.15) is 0 Å². The molecule has 0 aliphatic rings. The lowest BCUT2D eigenvalue weighted by Gasteiger charge is -2.05. The molecule has 2 unspecified atom stereocenters. The zero-order valence-corrected chi connectivity index (χ0v) is 4.20. The van der Waals surface area contributed by atoms with Crippen LogP contribution in [0.5, 0.6) is 0 Å². The Morgan fingerprint density at radius 2 is 2.17 bits per heavy atom. The Labute approximate surface area is 38.8 Å². The Morgan fingerprint density at radius 3 is 2.17 bits per heavy atom. The highest BCUT2D eigenvalue weighted by atomic mass is 32.2. The first-order chi connectivity index (χ1) is 2.64. The van der Waals surface area contributed by atoms with Crippen molar-refractivity contribution in [2.24, 2.45) is 5.73 Å². The van der Waals surface area contributed by atoms with Gasteiger partial charge in [-0.1, -0.05) is 0 Å². The fourth-order valence-corrected chi connectivity index (χ4v) is 0. The molecule has 0 aliphatic heterocycles. The molecule has 0 rings (SSSR count). The molecule has 4 heteroatoms. The molecule has 38 valence electrons. The molecule has 0 radical (unpaired) electrons. The van der Waals surface area contributed by atoms with Gasteiger partial charge in [-0.05, 0) is 18.0 Å². The van der Waals surface area contributed by atoms with E-state index in [1.54, 1.807) is 0 Å². The number of hydrogen-bond donors (Lipinski definition) is 1. The van der Waals surface area contributed by atoms with E-state index in [4.69, 9.17) is 5.73 Å². The van der Waals surface area contributed by atoms with Gasteiger partial charge in [0.2, 0.25) is 0 Å². The van der Waals surface area contributed by atoms with Gasteiger partial charge in [-0.15, -0.1) is 0 Å². The van der Waals surface area contributed by atoms with E-state index >= 15 is 0 Å². The van der Waals surface area contributed by atoms with Gasteiger partial charge in [0.15, 0.2) is 0 Å². The van der Waals surface area contributed by atoms with Gasteiger partial charge in [-0.3, -0.25) is 4.21 Å². The highest BCUT2D eigenvalue weighted by Gasteiger charge is 1.85. The maximum absolute atomic E-state index is 9.57. The predicted octanol–water partition coefficient (Wildman–Crippen LogP) is -0.830. The van der Waals surface area contributed by atoms with E-state index in [-0.39, 0.29) is 0 Å². The molecule has 0 aromatic heterocycles. The Bertz CT molecular complexity index is 62.6. The molecule has 0 saturated carbocycles. The van der Waals surface area contributed by atoms with Crippen molar-refractivity contribution in [3.05, 3.63) is 0 Å². The minimum Gasteiger partial charge on any atom is -0.771 e. The zero-order valence-electron chi connectivity index (χ0n) is 3.38. The van der Waals surface area contributed by atoms with E-state index in [0.717, 1.165) is 0 Å². The van der Waals surface area contributed by atoms with Crippen LogP contribution in [-0.4, -0.2) is 14.1 Å². The van der Waals surface area contributed by atoms with Gasteiger partial charge in [0, 0.05) is 0 Å². The monoisotopic (exact) mass is 108 g/mol. The molecule has 0 heterocycles. The van der Waals surface area contributed by atoms with Crippen LogP contribution in [0.4, 0.5) is 0 Å². The predicted molar refractivity (Wildman–Crippen MR) is 22.6 cm³/mol. The first-order valence-electron chi connectivity index (χ1n) is 1.48. The van der Waals surface area contributed by atoms with Crippen molar-refractivity contribution in [3.63, 3.8) is 0 Å². The second-order valence-electron chi connectivity index (χ2n) is 0.966. The van der Waals surface area contributed by atoms with Crippen LogP contribution in [0.3, 0.4) is 0 Å². The van der Waals surface area contributed by atoms with E-state index in [2.05, 4.69) is 0 Å². The average Bonchev–Trinajstić information content (AvgIpc) is 1.36. The number of rotatable bonds is 1. The first-order valence-corrected chi connectivity index (χ1v) is 2.62. The van der Waals surface area contributed by atoms with Gasteiger partial charge < -0.3 is 10.3 Å². The second kappa shape index (κ2) is 2.28. The summed E-state index contributed by atoms with van der Waals surface area (Å²) in [6, 6.07) is 0. The van der Waals surface area contributed by atoms with E-state index in [1.807, 2.05) is 0 Å². The number of hydrogen-bond acceptors (Lipinski definition) is 3. The molecule has 0 aliphatic carbocycles. The topological polar surface area (TPSA) is 66.2 Å². The lowest BCUT2D eigenvalue weighted by Crippen LogP contribution is -2.20. The molecule has 2 N–H and O–H groups in total. The molecule has 0 aromatic carbocycles. The fraction of sp³-hybridized carbons (Fsp3) is 1.00. The normalized spacial score (nSPS) is 19.8. The first kappa shape index (κ1) is 6.07. The molecule has 0 aromatic rings. The van der Waals surface area contributed by atoms with E-state index < -0.39 is 16.5 Å². The maximum atomic E-state index is 9.57. The summed E-state index contributed by atoms with van der Waals surface area (Å²) >= 11 is -2.09. The summed E-state index contributed by atoms with van der Waals surface area (Å²) in [4.78, 5) is 0. The summed E-state index contributed by atoms with van der Waals surface area (Å²) in [5.41, 5.74) is 4.82. The van der Waals surface area contributed by atoms with Crippen LogP contribution >= 0.6 is 0 Å². The lowest BCUT2D eigenvalue weighted by atomic mass is 10.8. The van der Waals surface area contributed by atoms with Crippen LogP contribution in [0.15, 0.2) is 0 Å². The molecule has 0 fully saturated rings. The quantitative estimate of drug-likeness (QED) is 0.446. The van der Waals surface area contributed by atoms with Crippen molar-refractivity contribution in [2.45, 2.75) is 12.3 Å². The van der Waals surface area contributed by atoms with Crippen LogP contribution in [0.2, 0.25) is 0 Å². The fourth-order valence-electron chi connectivity index (χ4n) is 0. The smallest absolute Gasteiger partial charge is 0.0647 e. The van der Waals surface area contributed by atoms with E-state index in [1.165, 1.54) is 6.92 Å². The SMILES string of the molecule is CC(N)S(=O)[O-]. The van der Waals surface area contributed by atoms with Crippen molar-refractivity contribution in [3.8, 4) is 0 Å². The molecule has 0 amide bonds. The van der Waals surface area contributed by atoms with Crippen LogP contribution in [-0.2, 0) is 11.1 Å². The van der Waals surface area contributed by atoms with Gasteiger partial charge in [-0.25, -0.2) is 0 Å². The average molecular weight is 108 g/mol. The minimum atomic E-state index is -2.09. The van der Waals surface area contributed by atoms with Gasteiger partial charge in [0.1, 0.15) is 0 Å². The molecular formula is C2H6NO2S-. The standard InChI is InChI=1S/C2H7NO2S/c1-2(3)6(4)5/h2H,3H2,1H3,(H,4,5)/p-1. The van der Waals surface area contributed by atoms with Crippen LogP contribution in [0.1, 0.15) is 6.92 Å². The molecule has 0 saturated heterocycles. The zero-order chi connectivity index (χ0) is 5.15. The third kappa shape index (κ3) is 2.32. The molecular weight excluding hydrogens is 102 g/mol. The Hall–Kier alpha value is 0.0700. The van der Waals surface area contributed by atoms with Gasteiger partial charge in [0.25, 0.3) is 0 Å². The molecule has 0 spiro atoms. The minimum absolute atomic E-state index is 0.731. The highest BCUT2D eigenvalue weighted by molar-refractivity contribution is 7.79. The van der Waals surface area contributed by atoms with Crippen LogP contribution < -0.4 is 5.73 Å². The van der Waals surface area contributed by atoms with E-state index in [0.29, 0.717) is 0 Å². The van der Waals surface area contributed by atoms with Gasteiger partial charge in [0.05, 0.1) is 5.37 Å². The summed E-state index contributed by atoms with van der Waals surface area (Å²) in [5, 5.41) is -0.731. The Balaban J connectivity index is 3.26. The summed E-state index contributed by atoms with van der Waals surface area (Å²) in [6.45, 7) is 1.41. The van der Waals surface area contributed by atoms with E-state index in [9.17, 15) is 8.76 Å². The Morgan fingerprint density at radius 1 is 2.00 bits per heavy atom. The molecule has 2 atom stereocenters. The summed E-state index contributed by atoms with van der Waals surface area (Å²) in [5.74, 6) is 0. The third-order valence-corrected chi connectivity index (χ3v) is 0.911. The summed E-state index contributed by atoms with van der Waals surface area (Å²) < 4.78 is 19.1. The van der Waals surface area contributed by atoms with Crippen molar-refractivity contribution >= 4 is 11.1 Å². The molecule has 3 nitrogen and oxygen atoms in total. The molecule has 0 bridgehead atoms. The second-order valence-corrected chi connectivity index (χ2v) is 2.23. The summed E-state index contributed by atoms with van der Waals surface area (Å²) in [6.07, 6.45) is 0. The van der Waals surface area contributed by atoms with Crippen LogP contribution in [0.25, 0.3) is 0 Å². The van der Waals surface area contributed by atoms with Crippen molar-refractivity contribution in [1.29, 1.82) is 0 Å². The third-order valence-electron chi connectivity index (χ3n) is 0.304. The number of nitrogens with two attached hydrogens (primary N) is 1. The van der Waals surface area contributed by atoms with Crippen LogP contribution in [0, 0.1) is 0 Å². The highest BCUT2D eigenvalue weighted by Crippen LogP contribution is 1.75. The van der Waals surface area contributed by atoms with Crippen molar-refractivity contribution in [2.75, 3.05) is 0 Å². The Kier molecular flexibility index (Phi) is 2.31. The van der Waals surface area contributed by atoms with Crippen molar-refractivity contribution in [1.82, 2.24) is 0 Å². The molecule has 6 heavy (non-hydrogen) atoms. The maximum Gasteiger partial charge on any atom is 0.0647 e. The van der Waals surface area contributed by atoms with Gasteiger partial charge >= 0.3 is 0 Å². The lowest BCUT2D eigenvalue weighted by molar-refractivity contribution is 0.526. The van der Waals surface area contributed by atoms with Crippen molar-refractivity contribution < 1.29 is 8.76 Å². The largest absolute Gasteiger partial charge is 0.771 e. The summed E-state index contributed by atoms with van der Waals surface area (Å²) in [7, 11) is 0.